The van der Waals surface area contributed by atoms with Crippen molar-refractivity contribution >= 4 is 21.9 Å². The zero-order valence-electron chi connectivity index (χ0n) is 10.1. The number of aromatic nitrogens is 1. The third-order valence-electron chi connectivity index (χ3n) is 2.69. The van der Waals surface area contributed by atoms with Crippen molar-refractivity contribution in [2.24, 2.45) is 5.73 Å². The predicted octanol–water partition coefficient (Wildman–Crippen LogP) is 2.36. The number of esters is 1. The zero-order valence-corrected chi connectivity index (χ0v) is 11.7. The number of carbonyl (C=O) groups excluding carboxylic acids is 1. The molecule has 1 aromatic rings. The van der Waals surface area contributed by atoms with Crippen molar-refractivity contribution < 1.29 is 9.53 Å². The van der Waals surface area contributed by atoms with E-state index < -0.39 is 11.5 Å². The molecule has 0 aromatic carbocycles. The number of halogens is 1. The molecule has 0 bridgehead atoms. The Balaban J connectivity index is 3.09. The summed E-state index contributed by atoms with van der Waals surface area (Å²) in [6, 6.07) is 1.81. The summed E-state index contributed by atoms with van der Waals surface area (Å²) in [6.45, 7) is 2.05. The lowest BCUT2D eigenvalue weighted by Gasteiger charge is -2.26. The highest BCUT2D eigenvalue weighted by molar-refractivity contribution is 9.10. The second-order valence-corrected chi connectivity index (χ2v) is 4.87. The monoisotopic (exact) mass is 300 g/mol. The van der Waals surface area contributed by atoms with Gasteiger partial charge in [0.15, 0.2) is 0 Å². The summed E-state index contributed by atoms with van der Waals surface area (Å²) in [5.41, 5.74) is 5.76. The van der Waals surface area contributed by atoms with Gasteiger partial charge in [-0.05, 0) is 28.4 Å². The molecule has 1 heterocycles. The molecule has 5 heteroatoms. The summed E-state index contributed by atoms with van der Waals surface area (Å²) >= 11 is 3.32. The van der Waals surface area contributed by atoms with Crippen molar-refractivity contribution in [1.29, 1.82) is 0 Å². The minimum absolute atomic E-state index is 0.425. The average molecular weight is 301 g/mol. The summed E-state index contributed by atoms with van der Waals surface area (Å²) in [5.74, 6) is -0.425. The number of rotatable bonds is 5. The first-order chi connectivity index (χ1) is 8.04. The SMILES string of the molecule is CCCC[C@](N)(C(=O)OC)c1cncc(Br)c1. The average Bonchev–Trinajstić information content (AvgIpc) is 2.34. The summed E-state index contributed by atoms with van der Waals surface area (Å²) in [7, 11) is 1.35. The van der Waals surface area contributed by atoms with Gasteiger partial charge in [0.1, 0.15) is 5.54 Å². The lowest BCUT2D eigenvalue weighted by atomic mass is 9.87. The predicted molar refractivity (Wildman–Crippen MR) is 69.3 cm³/mol. The number of unbranched alkanes of at least 4 members (excludes halogenated alkanes) is 1. The van der Waals surface area contributed by atoms with Gasteiger partial charge < -0.3 is 10.5 Å². The van der Waals surface area contributed by atoms with Crippen LogP contribution in [-0.4, -0.2) is 18.1 Å². The standard InChI is InChI=1S/C12H17BrN2O2/c1-3-4-5-12(14,11(16)17-2)9-6-10(13)8-15-7-9/h6-8H,3-5,14H2,1-2H3/t12-/m1/s1. The maximum atomic E-state index is 11.9. The van der Waals surface area contributed by atoms with Crippen LogP contribution in [0, 0.1) is 0 Å². The van der Waals surface area contributed by atoms with Crippen LogP contribution in [0.3, 0.4) is 0 Å². The summed E-state index contributed by atoms with van der Waals surface area (Å²) in [5, 5.41) is 0. The van der Waals surface area contributed by atoms with Gasteiger partial charge in [-0.3, -0.25) is 4.98 Å². The largest absolute Gasteiger partial charge is 0.467 e. The van der Waals surface area contributed by atoms with Gasteiger partial charge in [-0.1, -0.05) is 19.8 Å². The second-order valence-electron chi connectivity index (χ2n) is 3.96. The Morgan fingerprint density at radius 3 is 2.82 bits per heavy atom. The van der Waals surface area contributed by atoms with Gasteiger partial charge >= 0.3 is 5.97 Å². The molecule has 0 spiro atoms. The molecule has 0 fully saturated rings. The number of carbonyl (C=O) groups is 1. The third kappa shape index (κ3) is 3.26. The zero-order chi connectivity index (χ0) is 12.9. The fourth-order valence-corrected chi connectivity index (χ4v) is 2.02. The van der Waals surface area contributed by atoms with Crippen LogP contribution in [0.2, 0.25) is 0 Å². The van der Waals surface area contributed by atoms with Crippen molar-refractivity contribution in [2.45, 2.75) is 31.7 Å². The minimum Gasteiger partial charge on any atom is -0.467 e. The number of ether oxygens (including phenoxy) is 1. The smallest absolute Gasteiger partial charge is 0.330 e. The van der Waals surface area contributed by atoms with Crippen LogP contribution in [0.5, 0.6) is 0 Å². The Labute approximate surface area is 110 Å². The molecule has 0 saturated carbocycles. The molecule has 0 unspecified atom stereocenters. The number of nitrogens with two attached hydrogens (primary N) is 1. The van der Waals surface area contributed by atoms with Gasteiger partial charge in [-0.2, -0.15) is 0 Å². The van der Waals surface area contributed by atoms with Crippen LogP contribution in [0.4, 0.5) is 0 Å². The molecule has 0 saturated heterocycles. The molecule has 4 nitrogen and oxygen atoms in total. The van der Waals surface area contributed by atoms with E-state index in [2.05, 4.69) is 27.8 Å². The Bertz CT molecular complexity index is 398. The number of nitrogens with zero attached hydrogens (tertiary/aromatic N) is 1. The van der Waals surface area contributed by atoms with Gasteiger partial charge in [-0.15, -0.1) is 0 Å². The topological polar surface area (TPSA) is 65.2 Å². The molecule has 0 amide bonds. The highest BCUT2D eigenvalue weighted by Crippen LogP contribution is 2.27. The maximum Gasteiger partial charge on any atom is 0.330 e. The Kier molecular flexibility index (Phi) is 5.08. The van der Waals surface area contributed by atoms with E-state index in [1.165, 1.54) is 7.11 Å². The molecule has 17 heavy (non-hydrogen) atoms. The van der Waals surface area contributed by atoms with E-state index >= 15 is 0 Å². The molecule has 1 rings (SSSR count). The summed E-state index contributed by atoms with van der Waals surface area (Å²) in [6.07, 6.45) is 5.64. The molecule has 0 aliphatic rings. The van der Waals surface area contributed by atoms with Crippen LogP contribution < -0.4 is 5.73 Å². The van der Waals surface area contributed by atoms with Crippen molar-refractivity contribution in [3.05, 3.63) is 28.5 Å². The summed E-state index contributed by atoms with van der Waals surface area (Å²) in [4.78, 5) is 15.9. The van der Waals surface area contributed by atoms with E-state index in [0.29, 0.717) is 12.0 Å². The molecule has 1 atom stereocenters. The van der Waals surface area contributed by atoms with Crippen molar-refractivity contribution in [1.82, 2.24) is 4.98 Å². The van der Waals surface area contributed by atoms with Crippen molar-refractivity contribution in [3.63, 3.8) is 0 Å². The molecule has 0 aliphatic heterocycles. The first-order valence-electron chi connectivity index (χ1n) is 5.53. The Morgan fingerprint density at radius 1 is 1.59 bits per heavy atom. The highest BCUT2D eigenvalue weighted by Gasteiger charge is 2.37. The fraction of sp³-hybridized carbons (Fsp3) is 0.500. The Morgan fingerprint density at radius 2 is 2.29 bits per heavy atom. The van der Waals surface area contributed by atoms with E-state index in [4.69, 9.17) is 10.5 Å². The molecule has 2 N–H and O–H groups in total. The first-order valence-corrected chi connectivity index (χ1v) is 6.32. The number of hydrogen-bond donors (Lipinski definition) is 1. The minimum atomic E-state index is -1.11. The number of hydrogen-bond acceptors (Lipinski definition) is 4. The van der Waals surface area contributed by atoms with Gasteiger partial charge in [0.2, 0.25) is 0 Å². The molecular weight excluding hydrogens is 284 g/mol. The molecule has 1 aromatic heterocycles. The fourth-order valence-electron chi connectivity index (χ4n) is 1.66. The Hall–Kier alpha value is -0.940. The van der Waals surface area contributed by atoms with Gasteiger partial charge in [0.25, 0.3) is 0 Å². The number of methoxy groups -OCH3 is 1. The third-order valence-corrected chi connectivity index (χ3v) is 3.13. The van der Waals surface area contributed by atoms with Crippen molar-refractivity contribution in [3.8, 4) is 0 Å². The number of pyridine rings is 1. The van der Waals surface area contributed by atoms with Gasteiger partial charge in [0, 0.05) is 22.4 Å². The lowest BCUT2D eigenvalue weighted by molar-refractivity contribution is -0.147. The second kappa shape index (κ2) is 6.12. The van der Waals surface area contributed by atoms with E-state index in [1.807, 2.05) is 0 Å². The molecule has 0 radical (unpaired) electrons. The van der Waals surface area contributed by atoms with E-state index in [1.54, 1.807) is 18.5 Å². The summed E-state index contributed by atoms with van der Waals surface area (Å²) < 4.78 is 5.60. The normalized spacial score (nSPS) is 14.1. The molecule has 94 valence electrons. The van der Waals surface area contributed by atoms with Crippen LogP contribution >= 0.6 is 15.9 Å². The first kappa shape index (κ1) is 14.1. The molecule has 0 aliphatic carbocycles. The van der Waals surface area contributed by atoms with Crippen molar-refractivity contribution in [2.75, 3.05) is 7.11 Å². The van der Waals surface area contributed by atoms with E-state index in [-0.39, 0.29) is 0 Å². The van der Waals surface area contributed by atoms with Crippen LogP contribution in [0.25, 0.3) is 0 Å². The molecular formula is C12H17BrN2O2. The van der Waals surface area contributed by atoms with Crippen LogP contribution in [-0.2, 0) is 15.1 Å². The van der Waals surface area contributed by atoms with E-state index in [0.717, 1.165) is 17.3 Å². The lowest BCUT2D eigenvalue weighted by Crippen LogP contribution is -2.45. The highest BCUT2D eigenvalue weighted by atomic mass is 79.9. The van der Waals surface area contributed by atoms with Crippen LogP contribution in [0.15, 0.2) is 22.9 Å². The van der Waals surface area contributed by atoms with E-state index in [9.17, 15) is 4.79 Å². The van der Waals surface area contributed by atoms with Gasteiger partial charge in [0.05, 0.1) is 7.11 Å². The van der Waals surface area contributed by atoms with Gasteiger partial charge in [-0.25, -0.2) is 4.79 Å². The maximum absolute atomic E-state index is 11.9. The quantitative estimate of drug-likeness (QED) is 0.848. The van der Waals surface area contributed by atoms with Crippen LogP contribution in [0.1, 0.15) is 31.7 Å².